The van der Waals surface area contributed by atoms with E-state index in [9.17, 15) is 18.8 Å². The lowest BCUT2D eigenvalue weighted by Crippen LogP contribution is -2.45. The van der Waals surface area contributed by atoms with Crippen molar-refractivity contribution in [2.45, 2.75) is 25.7 Å². The van der Waals surface area contributed by atoms with Crippen molar-refractivity contribution in [2.24, 2.45) is 0 Å². The van der Waals surface area contributed by atoms with E-state index in [-0.39, 0.29) is 11.5 Å². The molecular weight excluding hydrogens is 305 g/mol. The van der Waals surface area contributed by atoms with Crippen LogP contribution in [0.2, 0.25) is 0 Å². The molecule has 0 saturated carbocycles. The van der Waals surface area contributed by atoms with Crippen LogP contribution in [-0.2, 0) is 19.9 Å². The highest BCUT2D eigenvalue weighted by atomic mass is 19.1. The zero-order valence-corrected chi connectivity index (χ0v) is 12.5. The molecule has 0 unspecified atom stereocenters. The number of alkyl halides is 1. The van der Waals surface area contributed by atoms with Crippen LogP contribution in [0.25, 0.3) is 0 Å². The van der Waals surface area contributed by atoms with Gasteiger partial charge in [0.25, 0.3) is 12.2 Å². The van der Waals surface area contributed by atoms with Gasteiger partial charge in [0.2, 0.25) is 0 Å². The highest BCUT2D eigenvalue weighted by Crippen LogP contribution is 2.30. The molecule has 0 spiro atoms. The number of halogens is 1. The SMILES string of the molecule is CCOC(=O)[C@@H](F)N1C(=O)N[C@](C)(c2ccc(C#N)cc2)C1=O. The van der Waals surface area contributed by atoms with Gasteiger partial charge in [0, 0.05) is 0 Å². The fourth-order valence-corrected chi connectivity index (χ4v) is 2.26. The summed E-state index contributed by atoms with van der Waals surface area (Å²) in [6.07, 6.45) is -2.51. The summed E-state index contributed by atoms with van der Waals surface area (Å²) in [5.74, 6) is -2.21. The molecule has 7 nitrogen and oxygen atoms in total. The second kappa shape index (κ2) is 6.04. The number of ether oxygens (including phenoxy) is 1. The standard InChI is InChI=1S/C15H14FN3O4/c1-3-23-12(20)11(16)19-13(21)15(2,18-14(19)22)10-6-4-9(8-17)5-7-10/h4-7,11H,3H2,1-2H3,(H,18,22)/t11-,15+/m0/s1. The molecule has 0 aliphatic carbocycles. The Kier molecular flexibility index (Phi) is 4.31. The summed E-state index contributed by atoms with van der Waals surface area (Å²) in [5, 5.41) is 11.2. The fourth-order valence-electron chi connectivity index (χ4n) is 2.26. The zero-order valence-electron chi connectivity index (χ0n) is 12.5. The summed E-state index contributed by atoms with van der Waals surface area (Å²) in [6.45, 7) is 2.81. The second-order valence-electron chi connectivity index (χ2n) is 5.01. The van der Waals surface area contributed by atoms with E-state index in [0.717, 1.165) is 0 Å². The summed E-state index contributed by atoms with van der Waals surface area (Å²) in [7, 11) is 0. The number of esters is 1. The van der Waals surface area contributed by atoms with Gasteiger partial charge in [-0.2, -0.15) is 5.26 Å². The van der Waals surface area contributed by atoms with Crippen LogP contribution in [0.5, 0.6) is 0 Å². The number of nitriles is 1. The summed E-state index contributed by atoms with van der Waals surface area (Å²) in [5.41, 5.74) is -0.781. The van der Waals surface area contributed by atoms with Crippen molar-refractivity contribution in [3.8, 4) is 6.07 Å². The van der Waals surface area contributed by atoms with Crippen molar-refractivity contribution in [2.75, 3.05) is 6.61 Å². The van der Waals surface area contributed by atoms with Crippen molar-refractivity contribution in [3.05, 3.63) is 35.4 Å². The maximum absolute atomic E-state index is 14.1. The largest absolute Gasteiger partial charge is 0.462 e. The van der Waals surface area contributed by atoms with Gasteiger partial charge in [0.1, 0.15) is 5.54 Å². The van der Waals surface area contributed by atoms with Crippen molar-refractivity contribution >= 4 is 17.9 Å². The molecule has 0 bridgehead atoms. The van der Waals surface area contributed by atoms with E-state index >= 15 is 0 Å². The van der Waals surface area contributed by atoms with Crippen LogP contribution in [0.4, 0.5) is 9.18 Å². The molecule has 1 fully saturated rings. The van der Waals surface area contributed by atoms with E-state index in [1.165, 1.54) is 38.1 Å². The van der Waals surface area contributed by atoms with Crippen LogP contribution in [0.1, 0.15) is 25.0 Å². The van der Waals surface area contributed by atoms with Crippen LogP contribution in [0.15, 0.2) is 24.3 Å². The molecule has 1 saturated heterocycles. The minimum absolute atomic E-state index is 0.0736. The lowest BCUT2D eigenvalue weighted by molar-refractivity contribution is -0.159. The molecular formula is C15H14FN3O4. The molecule has 8 heteroatoms. The van der Waals surface area contributed by atoms with Gasteiger partial charge in [-0.05, 0) is 31.5 Å². The smallest absolute Gasteiger partial charge is 0.362 e. The van der Waals surface area contributed by atoms with Gasteiger partial charge in [0.15, 0.2) is 0 Å². The average molecular weight is 319 g/mol. The Labute approximate surface area is 131 Å². The number of urea groups is 1. The first-order chi connectivity index (χ1) is 10.8. The molecule has 1 heterocycles. The van der Waals surface area contributed by atoms with Crippen LogP contribution in [-0.4, -0.2) is 35.7 Å². The summed E-state index contributed by atoms with van der Waals surface area (Å²) in [6, 6.07) is 6.82. The number of benzene rings is 1. The summed E-state index contributed by atoms with van der Waals surface area (Å²) in [4.78, 5) is 36.1. The van der Waals surface area contributed by atoms with Gasteiger partial charge in [-0.25, -0.2) is 18.9 Å². The van der Waals surface area contributed by atoms with Crippen molar-refractivity contribution < 1.29 is 23.5 Å². The first-order valence-corrected chi connectivity index (χ1v) is 6.82. The Morgan fingerprint density at radius 3 is 2.57 bits per heavy atom. The van der Waals surface area contributed by atoms with E-state index in [4.69, 9.17) is 5.26 Å². The molecule has 120 valence electrons. The van der Waals surface area contributed by atoms with Gasteiger partial charge in [-0.1, -0.05) is 12.1 Å². The summed E-state index contributed by atoms with van der Waals surface area (Å²) >= 11 is 0. The molecule has 23 heavy (non-hydrogen) atoms. The topological polar surface area (TPSA) is 99.5 Å². The zero-order chi connectivity index (χ0) is 17.2. The third-order valence-corrected chi connectivity index (χ3v) is 3.52. The molecule has 1 aliphatic rings. The predicted molar refractivity (Wildman–Crippen MR) is 75.4 cm³/mol. The number of carbonyl (C=O) groups excluding carboxylic acids is 3. The van der Waals surface area contributed by atoms with E-state index in [1.54, 1.807) is 0 Å². The minimum atomic E-state index is -2.51. The number of nitrogens with one attached hydrogen (secondary N) is 1. The quantitative estimate of drug-likeness (QED) is 0.510. The van der Waals surface area contributed by atoms with Crippen molar-refractivity contribution in [3.63, 3.8) is 0 Å². The lowest BCUT2D eigenvalue weighted by Gasteiger charge is -2.22. The van der Waals surface area contributed by atoms with Gasteiger partial charge in [0.05, 0.1) is 18.2 Å². The maximum atomic E-state index is 14.1. The number of carbonyl (C=O) groups is 3. The predicted octanol–water partition coefficient (Wildman–Crippen LogP) is 1.18. The highest BCUT2D eigenvalue weighted by Gasteiger charge is 2.53. The molecule has 2 rings (SSSR count). The number of amides is 3. The first kappa shape index (κ1) is 16.4. The number of hydrogen-bond donors (Lipinski definition) is 1. The van der Waals surface area contributed by atoms with Crippen molar-refractivity contribution in [1.82, 2.24) is 10.2 Å². The minimum Gasteiger partial charge on any atom is -0.462 e. The number of hydrogen-bond acceptors (Lipinski definition) is 5. The molecule has 2 atom stereocenters. The molecule has 1 aliphatic heterocycles. The van der Waals surface area contributed by atoms with Crippen LogP contribution in [0.3, 0.4) is 0 Å². The average Bonchev–Trinajstić information content (AvgIpc) is 2.77. The third-order valence-electron chi connectivity index (χ3n) is 3.52. The molecule has 0 radical (unpaired) electrons. The maximum Gasteiger partial charge on any atom is 0.362 e. The van der Waals surface area contributed by atoms with E-state index in [2.05, 4.69) is 10.1 Å². The van der Waals surface area contributed by atoms with Gasteiger partial charge in [-0.15, -0.1) is 0 Å². The first-order valence-electron chi connectivity index (χ1n) is 6.82. The Morgan fingerprint density at radius 1 is 1.43 bits per heavy atom. The molecule has 1 N–H and O–H groups in total. The molecule has 1 aromatic rings. The van der Waals surface area contributed by atoms with Crippen LogP contribution < -0.4 is 5.32 Å². The van der Waals surface area contributed by atoms with E-state index in [1.807, 2.05) is 6.07 Å². The Hall–Kier alpha value is -2.95. The molecule has 1 aromatic carbocycles. The molecule has 0 aromatic heterocycles. The number of imide groups is 1. The van der Waals surface area contributed by atoms with Crippen LogP contribution >= 0.6 is 0 Å². The normalized spacial score (nSPS) is 21.6. The number of rotatable bonds is 4. The van der Waals surface area contributed by atoms with E-state index in [0.29, 0.717) is 11.1 Å². The van der Waals surface area contributed by atoms with Gasteiger partial charge >= 0.3 is 12.0 Å². The number of nitrogens with zero attached hydrogens (tertiary/aromatic N) is 2. The highest BCUT2D eigenvalue weighted by molar-refractivity contribution is 6.09. The Morgan fingerprint density at radius 2 is 2.04 bits per heavy atom. The monoisotopic (exact) mass is 319 g/mol. The van der Waals surface area contributed by atoms with Crippen LogP contribution in [0, 0.1) is 11.3 Å². The Bertz CT molecular complexity index is 698. The lowest BCUT2D eigenvalue weighted by atomic mass is 9.91. The van der Waals surface area contributed by atoms with Crippen molar-refractivity contribution in [1.29, 1.82) is 5.26 Å². The fraction of sp³-hybridized carbons (Fsp3) is 0.333. The third kappa shape index (κ3) is 2.73. The molecule has 3 amide bonds. The Balaban J connectivity index is 2.32. The second-order valence-corrected chi connectivity index (χ2v) is 5.01. The summed E-state index contributed by atoms with van der Waals surface area (Å²) < 4.78 is 18.6. The van der Waals surface area contributed by atoms with Gasteiger partial charge < -0.3 is 10.1 Å². The van der Waals surface area contributed by atoms with Gasteiger partial charge in [-0.3, -0.25) is 4.79 Å². The van der Waals surface area contributed by atoms with E-state index < -0.39 is 29.7 Å².